The highest BCUT2D eigenvalue weighted by Crippen LogP contribution is 2.29. The van der Waals surface area contributed by atoms with Crippen LogP contribution in [0.1, 0.15) is 10.4 Å². The van der Waals surface area contributed by atoms with Crippen molar-refractivity contribution >= 4 is 34.1 Å². The number of aryl methyl sites for hydroxylation is 1. The molecule has 1 N–H and O–H groups in total. The third kappa shape index (κ3) is 3.11. The van der Waals surface area contributed by atoms with Gasteiger partial charge in [0.1, 0.15) is 17.1 Å². The molecule has 2 aromatic carbocycles. The van der Waals surface area contributed by atoms with E-state index >= 15 is 0 Å². The highest BCUT2D eigenvalue weighted by molar-refractivity contribution is 6.35. The molecular weight excluding hydrogens is 356 g/mol. The number of amides is 1. The van der Waals surface area contributed by atoms with E-state index in [9.17, 15) is 9.59 Å². The number of para-hydroxylation sites is 1. The van der Waals surface area contributed by atoms with Gasteiger partial charge in [0.05, 0.1) is 30.4 Å². The lowest BCUT2D eigenvalue weighted by Crippen LogP contribution is -2.23. The van der Waals surface area contributed by atoms with Gasteiger partial charge in [0, 0.05) is 24.7 Å². The van der Waals surface area contributed by atoms with Crippen molar-refractivity contribution in [3.8, 4) is 11.5 Å². The van der Waals surface area contributed by atoms with Gasteiger partial charge in [0.15, 0.2) is 0 Å². The zero-order chi connectivity index (χ0) is 18.8. The number of nitrogens with one attached hydrogen (secondary N) is 1. The van der Waals surface area contributed by atoms with Gasteiger partial charge in [-0.25, -0.2) is 0 Å². The lowest BCUT2D eigenvalue weighted by atomic mass is 10.1. The van der Waals surface area contributed by atoms with Crippen LogP contribution < -0.4 is 20.2 Å². The van der Waals surface area contributed by atoms with Crippen LogP contribution in [-0.4, -0.2) is 24.7 Å². The van der Waals surface area contributed by atoms with Crippen molar-refractivity contribution in [2.75, 3.05) is 19.5 Å². The summed E-state index contributed by atoms with van der Waals surface area (Å²) in [5.41, 5.74) is 0.604. The summed E-state index contributed by atoms with van der Waals surface area (Å²) < 4.78 is 12.1. The van der Waals surface area contributed by atoms with Crippen LogP contribution >= 0.6 is 11.6 Å². The number of carbonyl (C=O) groups excluding carboxylic acids is 1. The van der Waals surface area contributed by atoms with Gasteiger partial charge in [0.25, 0.3) is 5.91 Å². The predicted molar refractivity (Wildman–Crippen MR) is 102 cm³/mol. The molecule has 7 heteroatoms. The fraction of sp³-hybridized carbons (Fsp3) is 0.158. The zero-order valence-corrected chi connectivity index (χ0v) is 15.3. The van der Waals surface area contributed by atoms with Gasteiger partial charge in [-0.3, -0.25) is 9.59 Å². The van der Waals surface area contributed by atoms with E-state index in [0.717, 1.165) is 0 Å². The van der Waals surface area contributed by atoms with E-state index in [0.29, 0.717) is 33.1 Å². The molecule has 6 nitrogen and oxygen atoms in total. The van der Waals surface area contributed by atoms with Crippen molar-refractivity contribution < 1.29 is 14.3 Å². The van der Waals surface area contributed by atoms with Gasteiger partial charge in [-0.1, -0.05) is 17.7 Å². The lowest BCUT2D eigenvalue weighted by molar-refractivity contribution is 0.102. The number of rotatable bonds is 4. The molecule has 0 aliphatic heterocycles. The Morgan fingerprint density at radius 2 is 1.92 bits per heavy atom. The van der Waals surface area contributed by atoms with Crippen molar-refractivity contribution in [1.29, 1.82) is 0 Å². The number of methoxy groups -OCH3 is 2. The maximum Gasteiger partial charge on any atom is 0.261 e. The molecule has 0 unspecified atom stereocenters. The van der Waals surface area contributed by atoms with Crippen LogP contribution in [0.3, 0.4) is 0 Å². The predicted octanol–water partition coefficient (Wildman–Crippen LogP) is 3.46. The van der Waals surface area contributed by atoms with Crippen LogP contribution in [0.4, 0.5) is 5.69 Å². The molecule has 0 fully saturated rings. The van der Waals surface area contributed by atoms with Crippen molar-refractivity contribution in [2.45, 2.75) is 0 Å². The van der Waals surface area contributed by atoms with Crippen LogP contribution in [0.25, 0.3) is 10.9 Å². The minimum atomic E-state index is -0.543. The minimum absolute atomic E-state index is 0.00661. The number of pyridine rings is 1. The molecule has 0 saturated heterocycles. The van der Waals surface area contributed by atoms with Gasteiger partial charge < -0.3 is 19.4 Å². The van der Waals surface area contributed by atoms with E-state index in [1.807, 2.05) is 0 Å². The summed E-state index contributed by atoms with van der Waals surface area (Å²) in [5, 5.41) is 3.54. The third-order valence-electron chi connectivity index (χ3n) is 4.05. The Labute approximate surface area is 154 Å². The number of aromatic nitrogens is 1. The van der Waals surface area contributed by atoms with Crippen LogP contribution in [0.2, 0.25) is 5.02 Å². The number of halogens is 1. The second-order valence-corrected chi connectivity index (χ2v) is 6.05. The number of hydrogen-bond donors (Lipinski definition) is 1. The first-order valence-electron chi connectivity index (χ1n) is 7.77. The van der Waals surface area contributed by atoms with Crippen LogP contribution in [0, 0.1) is 0 Å². The molecule has 0 radical (unpaired) electrons. The van der Waals surface area contributed by atoms with Crippen molar-refractivity contribution in [2.24, 2.45) is 7.05 Å². The van der Waals surface area contributed by atoms with E-state index in [4.69, 9.17) is 21.1 Å². The quantitative estimate of drug-likeness (QED) is 0.761. The topological polar surface area (TPSA) is 69.6 Å². The molecule has 3 aromatic rings. The number of nitrogens with zero attached hydrogens (tertiary/aromatic N) is 1. The summed E-state index contributed by atoms with van der Waals surface area (Å²) in [6.07, 6.45) is 1.47. The van der Waals surface area contributed by atoms with Gasteiger partial charge >= 0.3 is 0 Å². The maximum atomic E-state index is 12.8. The first-order valence-corrected chi connectivity index (χ1v) is 8.15. The molecule has 134 valence electrons. The highest BCUT2D eigenvalue weighted by atomic mass is 35.5. The summed E-state index contributed by atoms with van der Waals surface area (Å²) in [4.78, 5) is 25.5. The van der Waals surface area contributed by atoms with Crippen LogP contribution in [0.15, 0.2) is 47.4 Å². The number of hydrogen-bond acceptors (Lipinski definition) is 4. The Morgan fingerprint density at radius 3 is 2.62 bits per heavy atom. The molecule has 0 aliphatic carbocycles. The van der Waals surface area contributed by atoms with Gasteiger partial charge in [0.2, 0.25) is 5.43 Å². The van der Waals surface area contributed by atoms with Crippen LogP contribution in [0.5, 0.6) is 11.5 Å². The van der Waals surface area contributed by atoms with Crippen molar-refractivity contribution in [3.05, 3.63) is 63.4 Å². The smallest absolute Gasteiger partial charge is 0.261 e. The van der Waals surface area contributed by atoms with Crippen LogP contribution in [-0.2, 0) is 7.05 Å². The molecule has 1 amide bonds. The fourth-order valence-corrected chi connectivity index (χ4v) is 3.09. The van der Waals surface area contributed by atoms with Crippen molar-refractivity contribution in [3.63, 3.8) is 0 Å². The Balaban J connectivity index is 2.07. The SMILES string of the molecule is COc1ccc(OC)c(NC(=O)c2cn(C)c3c(Cl)cccc3c2=O)c1. The first-order chi connectivity index (χ1) is 12.5. The number of fused-ring (bicyclic) bond motifs is 1. The summed E-state index contributed by atoms with van der Waals surface area (Å²) >= 11 is 6.18. The molecule has 0 atom stereocenters. The Morgan fingerprint density at radius 1 is 1.15 bits per heavy atom. The second kappa shape index (κ2) is 7.09. The Bertz CT molecular complexity index is 1060. The van der Waals surface area contributed by atoms with E-state index < -0.39 is 5.91 Å². The van der Waals surface area contributed by atoms with Gasteiger partial charge in [-0.15, -0.1) is 0 Å². The van der Waals surface area contributed by atoms with Gasteiger partial charge in [-0.05, 0) is 24.3 Å². The Hall–Kier alpha value is -2.99. The summed E-state index contributed by atoms with van der Waals surface area (Å²) in [6, 6.07) is 10.0. The molecule has 0 bridgehead atoms. The summed E-state index contributed by atoms with van der Waals surface area (Å²) in [7, 11) is 4.75. The molecule has 26 heavy (non-hydrogen) atoms. The number of carbonyl (C=O) groups is 1. The number of ether oxygens (including phenoxy) is 2. The van der Waals surface area contributed by atoms with Gasteiger partial charge in [-0.2, -0.15) is 0 Å². The van der Waals surface area contributed by atoms with E-state index in [-0.39, 0.29) is 11.0 Å². The molecule has 0 spiro atoms. The standard InChI is InChI=1S/C19H17ClN2O4/c1-22-10-13(18(23)12-5-4-6-14(20)17(12)22)19(24)21-15-9-11(25-2)7-8-16(15)26-3/h4-10H,1-3H3,(H,21,24). The molecule has 1 aromatic heterocycles. The zero-order valence-electron chi connectivity index (χ0n) is 14.5. The van der Waals surface area contributed by atoms with E-state index in [2.05, 4.69) is 5.32 Å². The summed E-state index contributed by atoms with van der Waals surface area (Å²) in [5.74, 6) is 0.470. The molecule has 1 heterocycles. The monoisotopic (exact) mass is 372 g/mol. The fourth-order valence-electron chi connectivity index (χ4n) is 2.78. The summed E-state index contributed by atoms with van der Waals surface area (Å²) in [6.45, 7) is 0. The lowest BCUT2D eigenvalue weighted by Gasteiger charge is -2.13. The normalized spacial score (nSPS) is 10.6. The molecular formula is C19H17ClN2O4. The highest BCUT2D eigenvalue weighted by Gasteiger charge is 2.17. The average molecular weight is 373 g/mol. The van der Waals surface area contributed by atoms with E-state index in [1.165, 1.54) is 20.4 Å². The molecule has 3 rings (SSSR count). The first kappa shape index (κ1) is 17.8. The third-order valence-corrected chi connectivity index (χ3v) is 4.36. The second-order valence-electron chi connectivity index (χ2n) is 5.64. The maximum absolute atomic E-state index is 12.8. The largest absolute Gasteiger partial charge is 0.497 e. The average Bonchev–Trinajstić information content (AvgIpc) is 2.64. The van der Waals surface area contributed by atoms with Crippen molar-refractivity contribution in [1.82, 2.24) is 4.57 Å². The number of benzene rings is 2. The minimum Gasteiger partial charge on any atom is -0.497 e. The number of anilines is 1. The molecule has 0 saturated carbocycles. The van der Waals surface area contributed by atoms with E-state index in [1.54, 1.807) is 48.0 Å². The Kier molecular flexibility index (Phi) is 4.86. The molecule has 0 aliphatic rings.